The van der Waals surface area contributed by atoms with Gasteiger partial charge in [0.1, 0.15) is 5.75 Å². The van der Waals surface area contributed by atoms with E-state index in [0.29, 0.717) is 11.5 Å². The van der Waals surface area contributed by atoms with E-state index < -0.39 is 0 Å². The standard InChI is InChI=1S/C21H22N2O3/c1-15(12-13-16-8-4-3-5-9-16)22-21(24)18-14-20(26-23-18)17-10-6-7-11-19(17)25-2/h3-11,14-15H,12-13H2,1-2H3,(H,22,24). The van der Waals surface area contributed by atoms with Crippen molar-refractivity contribution in [3.05, 3.63) is 71.9 Å². The van der Waals surface area contributed by atoms with Gasteiger partial charge in [0.15, 0.2) is 11.5 Å². The van der Waals surface area contributed by atoms with Crippen LogP contribution in [0.4, 0.5) is 0 Å². The SMILES string of the molecule is COc1ccccc1-c1cc(C(=O)NC(C)CCc2ccccc2)no1. The van der Waals surface area contributed by atoms with Gasteiger partial charge in [-0.25, -0.2) is 0 Å². The van der Waals surface area contributed by atoms with Gasteiger partial charge in [0.2, 0.25) is 0 Å². The third-order valence-electron chi connectivity index (χ3n) is 4.20. The lowest BCUT2D eigenvalue weighted by Gasteiger charge is -2.12. The van der Waals surface area contributed by atoms with E-state index in [2.05, 4.69) is 22.6 Å². The zero-order chi connectivity index (χ0) is 18.4. The van der Waals surface area contributed by atoms with Crippen molar-refractivity contribution in [2.75, 3.05) is 7.11 Å². The van der Waals surface area contributed by atoms with E-state index in [-0.39, 0.29) is 17.6 Å². The number of methoxy groups -OCH3 is 1. The largest absolute Gasteiger partial charge is 0.496 e. The second kappa shape index (κ2) is 8.34. The minimum atomic E-state index is -0.240. The zero-order valence-corrected chi connectivity index (χ0v) is 14.9. The van der Waals surface area contributed by atoms with E-state index in [9.17, 15) is 4.79 Å². The van der Waals surface area contributed by atoms with Gasteiger partial charge in [0.05, 0.1) is 12.7 Å². The quantitative estimate of drug-likeness (QED) is 0.697. The molecule has 1 amide bonds. The van der Waals surface area contributed by atoms with Gasteiger partial charge in [-0.1, -0.05) is 47.6 Å². The summed E-state index contributed by atoms with van der Waals surface area (Å²) in [5.74, 6) is 0.937. The molecule has 0 bridgehead atoms. The number of rotatable bonds is 7. The molecule has 1 atom stereocenters. The fourth-order valence-electron chi connectivity index (χ4n) is 2.76. The van der Waals surface area contributed by atoms with Gasteiger partial charge in [0, 0.05) is 12.1 Å². The average molecular weight is 350 g/mol. The summed E-state index contributed by atoms with van der Waals surface area (Å²) in [5.41, 5.74) is 2.28. The van der Waals surface area contributed by atoms with Crippen molar-refractivity contribution in [3.8, 4) is 17.1 Å². The summed E-state index contributed by atoms with van der Waals surface area (Å²) in [6.45, 7) is 1.99. The Balaban J connectivity index is 1.61. The Morgan fingerprint density at radius 2 is 1.88 bits per heavy atom. The first kappa shape index (κ1) is 17.7. The molecular weight excluding hydrogens is 328 g/mol. The highest BCUT2D eigenvalue weighted by Crippen LogP contribution is 2.29. The van der Waals surface area contributed by atoms with Crippen molar-refractivity contribution in [1.29, 1.82) is 0 Å². The lowest BCUT2D eigenvalue weighted by molar-refractivity contribution is 0.0929. The lowest BCUT2D eigenvalue weighted by atomic mass is 10.1. The van der Waals surface area contributed by atoms with Crippen LogP contribution in [-0.2, 0) is 6.42 Å². The van der Waals surface area contributed by atoms with Crippen LogP contribution >= 0.6 is 0 Å². The number of benzene rings is 2. The Morgan fingerprint density at radius 1 is 1.15 bits per heavy atom. The van der Waals surface area contributed by atoms with E-state index in [1.54, 1.807) is 13.2 Å². The molecule has 134 valence electrons. The number of amides is 1. The molecule has 26 heavy (non-hydrogen) atoms. The first-order valence-electron chi connectivity index (χ1n) is 8.62. The highest BCUT2D eigenvalue weighted by molar-refractivity contribution is 5.93. The topological polar surface area (TPSA) is 64.4 Å². The normalized spacial score (nSPS) is 11.8. The minimum absolute atomic E-state index is 0.0362. The minimum Gasteiger partial charge on any atom is -0.496 e. The summed E-state index contributed by atoms with van der Waals surface area (Å²) in [4.78, 5) is 12.4. The van der Waals surface area contributed by atoms with Gasteiger partial charge in [0.25, 0.3) is 5.91 Å². The maximum absolute atomic E-state index is 12.4. The van der Waals surface area contributed by atoms with Gasteiger partial charge in [-0.2, -0.15) is 0 Å². The smallest absolute Gasteiger partial charge is 0.273 e. The molecule has 5 nitrogen and oxygen atoms in total. The van der Waals surface area contributed by atoms with Crippen molar-refractivity contribution in [1.82, 2.24) is 10.5 Å². The number of carbonyl (C=O) groups excluding carboxylic acids is 1. The van der Waals surface area contributed by atoms with E-state index in [1.807, 2.05) is 49.4 Å². The maximum atomic E-state index is 12.4. The summed E-state index contributed by atoms with van der Waals surface area (Å²) in [6, 6.07) is 19.3. The number of carbonyl (C=O) groups is 1. The zero-order valence-electron chi connectivity index (χ0n) is 14.9. The van der Waals surface area contributed by atoms with Crippen LogP contribution in [0.25, 0.3) is 11.3 Å². The molecule has 0 spiro atoms. The third-order valence-corrected chi connectivity index (χ3v) is 4.20. The van der Waals surface area contributed by atoms with Crippen molar-refractivity contribution in [2.24, 2.45) is 0 Å². The second-order valence-electron chi connectivity index (χ2n) is 6.18. The molecule has 0 radical (unpaired) electrons. The predicted octanol–water partition coefficient (Wildman–Crippen LogP) is 4.10. The van der Waals surface area contributed by atoms with E-state index >= 15 is 0 Å². The molecule has 0 fully saturated rings. The molecule has 2 aromatic carbocycles. The Hall–Kier alpha value is -3.08. The van der Waals surface area contributed by atoms with Crippen molar-refractivity contribution in [2.45, 2.75) is 25.8 Å². The fraction of sp³-hybridized carbons (Fsp3) is 0.238. The number of ether oxygens (including phenoxy) is 1. The van der Waals surface area contributed by atoms with Gasteiger partial charge < -0.3 is 14.6 Å². The molecule has 1 heterocycles. The highest BCUT2D eigenvalue weighted by atomic mass is 16.5. The van der Waals surface area contributed by atoms with E-state index in [1.165, 1.54) is 5.56 Å². The number of hydrogen-bond donors (Lipinski definition) is 1. The molecule has 1 unspecified atom stereocenters. The summed E-state index contributed by atoms with van der Waals surface area (Å²) < 4.78 is 10.7. The number of nitrogens with zero attached hydrogens (tertiary/aromatic N) is 1. The van der Waals surface area contributed by atoms with Crippen molar-refractivity contribution >= 4 is 5.91 Å². The van der Waals surface area contributed by atoms with Crippen LogP contribution in [0.3, 0.4) is 0 Å². The Labute approximate surface area is 153 Å². The van der Waals surface area contributed by atoms with Crippen LogP contribution in [0.15, 0.2) is 65.2 Å². The van der Waals surface area contributed by atoms with Gasteiger partial charge in [-0.3, -0.25) is 4.79 Å². The van der Waals surface area contributed by atoms with Gasteiger partial charge >= 0.3 is 0 Å². The number of aryl methyl sites for hydroxylation is 1. The molecular formula is C21H22N2O3. The number of para-hydroxylation sites is 1. The van der Waals surface area contributed by atoms with Crippen molar-refractivity contribution < 1.29 is 14.1 Å². The van der Waals surface area contributed by atoms with Crippen LogP contribution in [0.2, 0.25) is 0 Å². The summed E-state index contributed by atoms with van der Waals surface area (Å²) >= 11 is 0. The third kappa shape index (κ3) is 4.30. The molecule has 0 aliphatic rings. The molecule has 3 rings (SSSR count). The monoisotopic (exact) mass is 350 g/mol. The summed E-state index contributed by atoms with van der Waals surface area (Å²) in [6.07, 6.45) is 1.76. The molecule has 0 saturated heterocycles. The van der Waals surface area contributed by atoms with Crippen LogP contribution in [0, 0.1) is 0 Å². The maximum Gasteiger partial charge on any atom is 0.273 e. The first-order valence-corrected chi connectivity index (χ1v) is 8.62. The number of aromatic nitrogens is 1. The van der Waals surface area contributed by atoms with Crippen LogP contribution in [-0.4, -0.2) is 24.2 Å². The van der Waals surface area contributed by atoms with Crippen LogP contribution in [0.1, 0.15) is 29.4 Å². The molecule has 0 aliphatic carbocycles. The summed E-state index contributed by atoms with van der Waals surface area (Å²) in [5, 5.41) is 6.86. The Morgan fingerprint density at radius 3 is 2.65 bits per heavy atom. The second-order valence-corrected chi connectivity index (χ2v) is 6.18. The Kier molecular flexibility index (Phi) is 5.69. The Bertz CT molecular complexity index is 858. The number of nitrogens with one attached hydrogen (secondary N) is 1. The highest BCUT2D eigenvalue weighted by Gasteiger charge is 2.17. The number of hydrogen-bond acceptors (Lipinski definition) is 4. The van der Waals surface area contributed by atoms with Gasteiger partial charge in [-0.05, 0) is 37.5 Å². The molecule has 1 N–H and O–H groups in total. The molecule has 0 saturated carbocycles. The van der Waals surface area contributed by atoms with Crippen molar-refractivity contribution in [3.63, 3.8) is 0 Å². The lowest BCUT2D eigenvalue weighted by Crippen LogP contribution is -2.33. The average Bonchev–Trinajstić information content (AvgIpc) is 3.17. The van der Waals surface area contributed by atoms with Crippen LogP contribution in [0.5, 0.6) is 5.75 Å². The molecule has 3 aromatic rings. The molecule has 5 heteroatoms. The first-order chi connectivity index (χ1) is 12.7. The van der Waals surface area contributed by atoms with E-state index in [4.69, 9.17) is 9.26 Å². The van der Waals surface area contributed by atoms with Gasteiger partial charge in [-0.15, -0.1) is 0 Å². The van der Waals surface area contributed by atoms with E-state index in [0.717, 1.165) is 18.4 Å². The van der Waals surface area contributed by atoms with Crippen LogP contribution < -0.4 is 10.1 Å². The molecule has 0 aliphatic heterocycles. The predicted molar refractivity (Wildman–Crippen MR) is 100 cm³/mol. The summed E-state index contributed by atoms with van der Waals surface area (Å²) in [7, 11) is 1.59. The fourth-order valence-corrected chi connectivity index (χ4v) is 2.76. The molecule has 1 aromatic heterocycles.